The summed E-state index contributed by atoms with van der Waals surface area (Å²) in [6.07, 6.45) is 8.77. The maximum atomic E-state index is 13.3. The summed E-state index contributed by atoms with van der Waals surface area (Å²) in [5.74, 6) is 1.62. The van der Waals surface area contributed by atoms with Crippen LogP contribution in [0, 0.1) is 0 Å². The van der Waals surface area contributed by atoms with Gasteiger partial charge in [-0.05, 0) is 38.5 Å². The van der Waals surface area contributed by atoms with Gasteiger partial charge < -0.3 is 19.9 Å². The molecule has 2 aliphatic heterocycles. The summed E-state index contributed by atoms with van der Waals surface area (Å²) in [5.41, 5.74) is 1.09. The molecule has 2 aromatic heterocycles. The lowest BCUT2D eigenvalue weighted by Crippen LogP contribution is -2.44. The van der Waals surface area contributed by atoms with Gasteiger partial charge in [0.2, 0.25) is 11.9 Å². The lowest BCUT2D eigenvalue weighted by molar-refractivity contribution is -0.121. The van der Waals surface area contributed by atoms with Gasteiger partial charge in [-0.1, -0.05) is 0 Å². The Morgan fingerprint density at radius 2 is 2.23 bits per heavy atom. The van der Waals surface area contributed by atoms with Gasteiger partial charge in [-0.2, -0.15) is 4.98 Å². The molecule has 2 saturated carbocycles. The highest BCUT2D eigenvalue weighted by Gasteiger charge is 2.61. The standard InChI is InChI=1S/C21H26N6O4/c28-13-3-1-2-12(8-13)27-17-15(21(5-6-21)19(27)29)9-22-20(25-17)24-16-10-23-26-18(16)31-14-4-7-30-11-14/h9-10,12-14,28H,1-8,11H2,(H,23,26)(H,22,24,25)/t12-,13-,14+/m1/s1. The van der Waals surface area contributed by atoms with Crippen molar-refractivity contribution in [3.63, 3.8) is 0 Å². The van der Waals surface area contributed by atoms with Gasteiger partial charge in [0.25, 0.3) is 5.88 Å². The molecule has 6 rings (SSSR count). The largest absolute Gasteiger partial charge is 0.469 e. The van der Waals surface area contributed by atoms with Crippen LogP contribution in [0.25, 0.3) is 0 Å². The van der Waals surface area contributed by atoms with Gasteiger partial charge in [-0.25, -0.2) is 4.98 Å². The topological polar surface area (TPSA) is 125 Å². The molecule has 0 aromatic carbocycles. The molecule has 1 spiro atoms. The average molecular weight is 426 g/mol. The summed E-state index contributed by atoms with van der Waals surface area (Å²) in [4.78, 5) is 24.4. The number of aliphatic hydroxyl groups excluding tert-OH is 1. The second-order valence-corrected chi connectivity index (χ2v) is 8.99. The monoisotopic (exact) mass is 426 g/mol. The third-order valence-electron chi connectivity index (χ3n) is 6.89. The summed E-state index contributed by atoms with van der Waals surface area (Å²) in [5, 5.41) is 20.4. The molecule has 4 heterocycles. The summed E-state index contributed by atoms with van der Waals surface area (Å²) < 4.78 is 11.3. The quantitative estimate of drug-likeness (QED) is 0.661. The van der Waals surface area contributed by atoms with Crippen LogP contribution in [0.3, 0.4) is 0 Å². The predicted octanol–water partition coefficient (Wildman–Crippen LogP) is 1.79. The van der Waals surface area contributed by atoms with Crippen molar-refractivity contribution in [1.29, 1.82) is 0 Å². The van der Waals surface area contributed by atoms with Crippen LogP contribution in [0.1, 0.15) is 50.5 Å². The van der Waals surface area contributed by atoms with Crippen molar-refractivity contribution in [1.82, 2.24) is 20.2 Å². The van der Waals surface area contributed by atoms with Gasteiger partial charge in [-0.3, -0.25) is 14.8 Å². The number of H-pyrrole nitrogens is 1. The Kier molecular flexibility index (Phi) is 4.39. The van der Waals surface area contributed by atoms with E-state index in [1.54, 1.807) is 12.4 Å². The van der Waals surface area contributed by atoms with Gasteiger partial charge in [-0.15, -0.1) is 5.10 Å². The first-order valence-corrected chi connectivity index (χ1v) is 11.1. The van der Waals surface area contributed by atoms with E-state index in [2.05, 4.69) is 20.5 Å². The lowest BCUT2D eigenvalue weighted by atomic mass is 9.92. The highest BCUT2D eigenvalue weighted by atomic mass is 16.6. The van der Waals surface area contributed by atoms with Gasteiger partial charge >= 0.3 is 0 Å². The van der Waals surface area contributed by atoms with Gasteiger partial charge in [0, 0.05) is 30.4 Å². The number of fused-ring (bicyclic) bond motifs is 2. The van der Waals surface area contributed by atoms with Crippen LogP contribution < -0.4 is 15.0 Å². The Balaban J connectivity index is 1.28. The number of carbonyl (C=O) groups is 1. The summed E-state index contributed by atoms with van der Waals surface area (Å²) in [6, 6.07) is -0.0205. The number of amides is 1. The minimum atomic E-state index is -0.456. The van der Waals surface area contributed by atoms with E-state index in [9.17, 15) is 9.90 Å². The maximum Gasteiger partial charge on any atom is 0.257 e. The minimum Gasteiger partial charge on any atom is -0.469 e. The Morgan fingerprint density at radius 3 is 3.00 bits per heavy atom. The highest BCUT2D eigenvalue weighted by Crippen LogP contribution is 2.57. The van der Waals surface area contributed by atoms with Crippen molar-refractivity contribution in [2.75, 3.05) is 23.4 Å². The smallest absolute Gasteiger partial charge is 0.257 e. The predicted molar refractivity (Wildman–Crippen MR) is 110 cm³/mol. The van der Waals surface area contributed by atoms with Gasteiger partial charge in [0.1, 0.15) is 17.6 Å². The molecule has 31 heavy (non-hydrogen) atoms. The van der Waals surface area contributed by atoms with Crippen LogP contribution in [0.2, 0.25) is 0 Å². The highest BCUT2D eigenvalue weighted by molar-refractivity contribution is 6.09. The number of aliphatic hydroxyl groups is 1. The molecule has 4 aliphatic rings. The molecule has 164 valence electrons. The van der Waals surface area contributed by atoms with Gasteiger partial charge in [0.15, 0.2) is 0 Å². The fourth-order valence-electron chi connectivity index (χ4n) is 5.06. The Hall–Kier alpha value is -2.72. The van der Waals surface area contributed by atoms with Crippen LogP contribution in [0.15, 0.2) is 12.4 Å². The number of carbonyl (C=O) groups excluding carboxylic acids is 1. The zero-order chi connectivity index (χ0) is 21.0. The number of anilines is 3. The zero-order valence-corrected chi connectivity index (χ0v) is 17.2. The zero-order valence-electron chi connectivity index (χ0n) is 17.2. The van der Waals surface area contributed by atoms with E-state index >= 15 is 0 Å². The molecular weight excluding hydrogens is 400 g/mol. The SMILES string of the molecule is O=C1N([C@@H]2CCC[C@@H](O)C2)c2nc(Nc3c[nH]nc3O[C@H]3CCOC3)ncc2C12CC2. The van der Waals surface area contributed by atoms with Gasteiger partial charge in [0.05, 0.1) is 24.7 Å². The molecule has 1 amide bonds. The summed E-state index contributed by atoms with van der Waals surface area (Å²) >= 11 is 0. The average Bonchev–Trinajstić information content (AvgIpc) is 3.08. The molecule has 10 heteroatoms. The van der Waals surface area contributed by atoms with Crippen LogP contribution in [0.4, 0.5) is 17.5 Å². The van der Waals surface area contributed by atoms with E-state index in [4.69, 9.17) is 14.5 Å². The molecule has 3 N–H and O–H groups in total. The first-order valence-electron chi connectivity index (χ1n) is 11.1. The van der Waals surface area contributed by atoms with Crippen LogP contribution in [0.5, 0.6) is 5.88 Å². The number of aromatic nitrogens is 4. The Labute approximate surface area is 179 Å². The second-order valence-electron chi connectivity index (χ2n) is 8.99. The number of nitrogens with zero attached hydrogens (tertiary/aromatic N) is 4. The van der Waals surface area contributed by atoms with Crippen LogP contribution in [-0.2, 0) is 14.9 Å². The molecule has 0 bridgehead atoms. The van der Waals surface area contributed by atoms with Crippen molar-refractivity contribution in [2.24, 2.45) is 0 Å². The molecular formula is C21H26N6O4. The van der Waals surface area contributed by atoms with E-state index < -0.39 is 5.41 Å². The van der Waals surface area contributed by atoms with E-state index in [0.717, 1.165) is 44.1 Å². The Bertz CT molecular complexity index is 1000. The molecule has 2 aromatic rings. The van der Waals surface area contributed by atoms with Crippen molar-refractivity contribution < 1.29 is 19.4 Å². The third-order valence-corrected chi connectivity index (χ3v) is 6.89. The maximum absolute atomic E-state index is 13.3. The number of hydrogen-bond acceptors (Lipinski definition) is 8. The van der Waals surface area contributed by atoms with E-state index in [0.29, 0.717) is 43.0 Å². The van der Waals surface area contributed by atoms with Crippen molar-refractivity contribution >= 4 is 23.4 Å². The molecule has 1 saturated heterocycles. The molecule has 0 radical (unpaired) electrons. The minimum absolute atomic E-state index is 0.0205. The molecule has 2 aliphatic carbocycles. The second kappa shape index (κ2) is 7.16. The fraction of sp³-hybridized carbons (Fsp3) is 0.619. The lowest BCUT2D eigenvalue weighted by Gasteiger charge is -2.33. The van der Waals surface area contributed by atoms with E-state index in [-0.39, 0.29) is 24.2 Å². The fourth-order valence-corrected chi connectivity index (χ4v) is 5.06. The van der Waals surface area contributed by atoms with Crippen molar-refractivity contribution in [3.8, 4) is 5.88 Å². The molecule has 3 atom stereocenters. The Morgan fingerprint density at radius 1 is 1.32 bits per heavy atom. The normalized spacial score (nSPS) is 28.7. The van der Waals surface area contributed by atoms with E-state index in [1.807, 2.05) is 4.90 Å². The summed E-state index contributed by atoms with van der Waals surface area (Å²) in [7, 11) is 0. The number of rotatable bonds is 5. The first kappa shape index (κ1) is 19.0. The molecule has 3 fully saturated rings. The molecule has 0 unspecified atom stereocenters. The summed E-state index contributed by atoms with van der Waals surface area (Å²) in [6.45, 7) is 1.24. The van der Waals surface area contributed by atoms with E-state index in [1.165, 1.54) is 0 Å². The third kappa shape index (κ3) is 3.16. The number of hydrogen-bond donors (Lipinski definition) is 3. The number of aromatic amines is 1. The molecule has 10 nitrogen and oxygen atoms in total. The van der Waals surface area contributed by atoms with Crippen LogP contribution >= 0.6 is 0 Å². The van der Waals surface area contributed by atoms with Crippen molar-refractivity contribution in [2.45, 2.75) is 68.6 Å². The number of ether oxygens (including phenoxy) is 2. The first-order chi connectivity index (χ1) is 15.1. The number of nitrogens with one attached hydrogen (secondary N) is 2. The van der Waals surface area contributed by atoms with Crippen molar-refractivity contribution in [3.05, 3.63) is 18.0 Å². The van der Waals surface area contributed by atoms with Crippen LogP contribution in [-0.4, -0.2) is 62.6 Å².